The van der Waals surface area contributed by atoms with E-state index in [1.807, 2.05) is 29.0 Å². The SMILES string of the molecule is COc1cc(=O)n(-c2ccccc2)cc1C(=O)NCCCn1ccnc1. The summed E-state index contributed by atoms with van der Waals surface area (Å²) in [5.74, 6) is -0.0218. The third-order valence-electron chi connectivity index (χ3n) is 3.95. The number of nitrogens with one attached hydrogen (secondary N) is 1. The Morgan fingerprint density at radius 2 is 2.08 bits per heavy atom. The Balaban J connectivity index is 1.74. The van der Waals surface area contributed by atoms with E-state index in [1.165, 1.54) is 23.9 Å². The zero-order chi connectivity index (χ0) is 18.4. The fraction of sp³-hybridized carbons (Fsp3) is 0.211. The van der Waals surface area contributed by atoms with Crippen molar-refractivity contribution in [3.8, 4) is 11.4 Å². The molecule has 0 atom stereocenters. The van der Waals surface area contributed by atoms with Gasteiger partial charge in [0.05, 0.1) is 19.0 Å². The molecule has 1 aromatic carbocycles. The van der Waals surface area contributed by atoms with E-state index in [0.717, 1.165) is 13.0 Å². The summed E-state index contributed by atoms with van der Waals surface area (Å²) >= 11 is 0. The first-order valence-electron chi connectivity index (χ1n) is 8.29. The van der Waals surface area contributed by atoms with Gasteiger partial charge in [0.2, 0.25) is 0 Å². The van der Waals surface area contributed by atoms with Crippen molar-refractivity contribution in [3.63, 3.8) is 0 Å². The molecule has 0 aliphatic heterocycles. The minimum absolute atomic E-state index is 0.259. The van der Waals surface area contributed by atoms with E-state index in [-0.39, 0.29) is 17.2 Å². The molecule has 0 aliphatic rings. The highest BCUT2D eigenvalue weighted by Gasteiger charge is 2.15. The van der Waals surface area contributed by atoms with Crippen LogP contribution in [-0.4, -0.2) is 33.7 Å². The third-order valence-corrected chi connectivity index (χ3v) is 3.95. The summed E-state index contributed by atoms with van der Waals surface area (Å²) in [5, 5.41) is 2.87. The van der Waals surface area contributed by atoms with Crippen molar-refractivity contribution in [3.05, 3.63) is 77.2 Å². The second kappa shape index (κ2) is 8.15. The molecule has 1 amide bonds. The molecule has 3 aromatic rings. The highest BCUT2D eigenvalue weighted by atomic mass is 16.5. The van der Waals surface area contributed by atoms with E-state index < -0.39 is 0 Å². The summed E-state index contributed by atoms with van der Waals surface area (Å²) in [6.45, 7) is 1.27. The van der Waals surface area contributed by atoms with E-state index >= 15 is 0 Å². The number of aromatic nitrogens is 3. The predicted octanol–water partition coefficient (Wildman–Crippen LogP) is 1.86. The molecule has 2 aromatic heterocycles. The summed E-state index contributed by atoms with van der Waals surface area (Å²) in [5.41, 5.74) is 0.748. The van der Waals surface area contributed by atoms with Gasteiger partial charge in [-0.05, 0) is 18.6 Å². The van der Waals surface area contributed by atoms with Crippen LogP contribution in [0.4, 0.5) is 0 Å². The highest BCUT2D eigenvalue weighted by Crippen LogP contribution is 2.17. The highest BCUT2D eigenvalue weighted by molar-refractivity contribution is 5.96. The molecular formula is C19H20N4O3. The van der Waals surface area contributed by atoms with E-state index in [4.69, 9.17) is 4.74 Å². The summed E-state index contributed by atoms with van der Waals surface area (Å²) in [4.78, 5) is 28.8. The first kappa shape index (κ1) is 17.5. The number of hydrogen-bond acceptors (Lipinski definition) is 4. The van der Waals surface area contributed by atoms with Gasteiger partial charge in [-0.1, -0.05) is 18.2 Å². The summed E-state index contributed by atoms with van der Waals surface area (Å²) in [7, 11) is 1.44. The molecular weight excluding hydrogens is 332 g/mol. The number of ether oxygens (including phenoxy) is 1. The monoisotopic (exact) mass is 352 g/mol. The zero-order valence-corrected chi connectivity index (χ0v) is 14.5. The molecule has 134 valence electrons. The number of imidazole rings is 1. The van der Waals surface area contributed by atoms with Crippen LogP contribution in [0.5, 0.6) is 5.75 Å². The number of nitrogens with zero attached hydrogens (tertiary/aromatic N) is 3. The first-order valence-corrected chi connectivity index (χ1v) is 8.29. The molecule has 3 rings (SSSR count). The van der Waals surface area contributed by atoms with Crippen LogP contribution in [0.2, 0.25) is 0 Å². The van der Waals surface area contributed by atoms with Crippen molar-refractivity contribution >= 4 is 5.91 Å². The van der Waals surface area contributed by atoms with Crippen LogP contribution >= 0.6 is 0 Å². The number of methoxy groups -OCH3 is 1. The summed E-state index contributed by atoms with van der Waals surface area (Å²) in [6, 6.07) is 10.5. The van der Waals surface area contributed by atoms with Gasteiger partial charge in [-0.2, -0.15) is 0 Å². The number of amides is 1. The van der Waals surface area contributed by atoms with E-state index in [2.05, 4.69) is 10.3 Å². The van der Waals surface area contributed by atoms with Gasteiger partial charge in [0, 0.05) is 43.4 Å². The predicted molar refractivity (Wildman–Crippen MR) is 97.8 cm³/mol. The molecule has 0 spiro atoms. The molecule has 2 heterocycles. The van der Waals surface area contributed by atoms with Gasteiger partial charge in [0.25, 0.3) is 11.5 Å². The molecule has 0 fully saturated rings. The Hall–Kier alpha value is -3.35. The maximum absolute atomic E-state index is 12.6. The number of aryl methyl sites for hydroxylation is 1. The van der Waals surface area contributed by atoms with Gasteiger partial charge >= 0.3 is 0 Å². The van der Waals surface area contributed by atoms with Crippen molar-refractivity contribution in [1.82, 2.24) is 19.4 Å². The molecule has 0 saturated heterocycles. The Kier molecular flexibility index (Phi) is 5.48. The number of carbonyl (C=O) groups is 1. The molecule has 0 unspecified atom stereocenters. The Morgan fingerprint density at radius 3 is 2.77 bits per heavy atom. The quantitative estimate of drug-likeness (QED) is 0.659. The van der Waals surface area contributed by atoms with Crippen LogP contribution in [0.25, 0.3) is 5.69 Å². The topological polar surface area (TPSA) is 78.1 Å². The second-order valence-corrected chi connectivity index (χ2v) is 5.71. The largest absolute Gasteiger partial charge is 0.496 e. The lowest BCUT2D eigenvalue weighted by Gasteiger charge is -2.13. The van der Waals surface area contributed by atoms with Crippen molar-refractivity contribution in [2.24, 2.45) is 0 Å². The van der Waals surface area contributed by atoms with Gasteiger partial charge in [-0.3, -0.25) is 14.2 Å². The first-order chi connectivity index (χ1) is 12.7. The molecule has 0 aliphatic carbocycles. The fourth-order valence-electron chi connectivity index (χ4n) is 2.62. The van der Waals surface area contributed by atoms with Crippen molar-refractivity contribution in [2.45, 2.75) is 13.0 Å². The zero-order valence-electron chi connectivity index (χ0n) is 14.5. The van der Waals surface area contributed by atoms with Crippen molar-refractivity contribution in [1.29, 1.82) is 0 Å². The standard InChI is InChI=1S/C19H20N4O3/c1-26-17-12-18(24)23(15-6-3-2-4-7-15)13-16(17)19(25)21-8-5-10-22-11-9-20-14-22/h2-4,6-7,9,11-14H,5,8,10H2,1H3,(H,21,25). The minimum Gasteiger partial charge on any atom is -0.496 e. The van der Waals surface area contributed by atoms with E-state index in [1.54, 1.807) is 24.7 Å². The van der Waals surface area contributed by atoms with Crippen LogP contribution < -0.4 is 15.6 Å². The molecule has 7 nitrogen and oxygen atoms in total. The maximum atomic E-state index is 12.6. The Labute approximate surface area is 150 Å². The Bertz CT molecular complexity index is 918. The molecule has 1 N–H and O–H groups in total. The number of pyridine rings is 1. The van der Waals surface area contributed by atoms with E-state index in [0.29, 0.717) is 17.8 Å². The number of benzene rings is 1. The van der Waals surface area contributed by atoms with Gasteiger partial charge < -0.3 is 14.6 Å². The number of para-hydroxylation sites is 1. The normalized spacial score (nSPS) is 10.5. The average molecular weight is 352 g/mol. The second-order valence-electron chi connectivity index (χ2n) is 5.71. The molecule has 0 saturated carbocycles. The summed E-state index contributed by atoms with van der Waals surface area (Å²) in [6.07, 6.45) is 7.61. The number of carbonyl (C=O) groups excluding carboxylic acids is 1. The van der Waals surface area contributed by atoms with Gasteiger partial charge in [0.1, 0.15) is 5.75 Å². The molecule has 26 heavy (non-hydrogen) atoms. The van der Waals surface area contributed by atoms with Gasteiger partial charge in [0.15, 0.2) is 0 Å². The molecule has 7 heteroatoms. The van der Waals surface area contributed by atoms with Crippen molar-refractivity contribution < 1.29 is 9.53 Å². The van der Waals surface area contributed by atoms with Crippen LogP contribution in [0, 0.1) is 0 Å². The average Bonchev–Trinajstić information content (AvgIpc) is 3.19. The van der Waals surface area contributed by atoms with Crippen molar-refractivity contribution in [2.75, 3.05) is 13.7 Å². The smallest absolute Gasteiger partial charge is 0.258 e. The van der Waals surface area contributed by atoms with Gasteiger partial charge in [-0.15, -0.1) is 0 Å². The minimum atomic E-state index is -0.280. The van der Waals surface area contributed by atoms with E-state index in [9.17, 15) is 9.59 Å². The van der Waals surface area contributed by atoms with Crippen LogP contribution in [-0.2, 0) is 6.54 Å². The lowest BCUT2D eigenvalue weighted by Crippen LogP contribution is -2.28. The lowest BCUT2D eigenvalue weighted by atomic mass is 10.2. The van der Waals surface area contributed by atoms with Crippen LogP contribution in [0.3, 0.4) is 0 Å². The number of rotatable bonds is 7. The summed E-state index contributed by atoms with van der Waals surface area (Å²) < 4.78 is 8.60. The molecule has 0 radical (unpaired) electrons. The number of hydrogen-bond donors (Lipinski definition) is 1. The Morgan fingerprint density at radius 1 is 1.27 bits per heavy atom. The van der Waals surface area contributed by atoms with Crippen LogP contribution in [0.15, 0.2) is 66.1 Å². The maximum Gasteiger partial charge on any atom is 0.258 e. The molecule has 0 bridgehead atoms. The fourth-order valence-corrected chi connectivity index (χ4v) is 2.62. The third kappa shape index (κ3) is 4.00. The lowest BCUT2D eigenvalue weighted by molar-refractivity contribution is 0.0949. The van der Waals surface area contributed by atoms with Crippen LogP contribution in [0.1, 0.15) is 16.8 Å². The van der Waals surface area contributed by atoms with Gasteiger partial charge in [-0.25, -0.2) is 4.98 Å².